The molecular weight excluding hydrogens is 136 g/mol. The van der Waals surface area contributed by atoms with Crippen LogP contribution in [0.4, 0.5) is 0 Å². The second kappa shape index (κ2) is 5.17. The fraction of sp³-hybridized carbons (Fsp3) is 0.778. The Labute approximate surface area is 68.5 Å². The van der Waals surface area contributed by atoms with Gasteiger partial charge in [-0.1, -0.05) is 5.92 Å². The van der Waals surface area contributed by atoms with E-state index in [-0.39, 0.29) is 0 Å². The van der Waals surface area contributed by atoms with Gasteiger partial charge in [0, 0.05) is 6.42 Å². The smallest absolute Gasteiger partial charge is 0.0551 e. The first kappa shape index (κ1) is 8.58. The quantitative estimate of drug-likeness (QED) is 0.532. The minimum atomic E-state index is 0.505. The minimum absolute atomic E-state index is 0.505. The first-order chi connectivity index (χ1) is 5.43. The predicted molar refractivity (Wildman–Crippen MR) is 47.0 cm³/mol. The highest BCUT2D eigenvalue weighted by Crippen LogP contribution is 2.14. The summed E-state index contributed by atoms with van der Waals surface area (Å²) in [6.07, 6.45) is 3.59. The molecule has 62 valence electrons. The van der Waals surface area contributed by atoms with Crippen molar-refractivity contribution in [3.05, 3.63) is 0 Å². The van der Waals surface area contributed by atoms with Crippen LogP contribution in [0, 0.1) is 17.8 Å². The van der Waals surface area contributed by atoms with Gasteiger partial charge in [-0.05, 0) is 31.8 Å². The van der Waals surface area contributed by atoms with Gasteiger partial charge in [0.2, 0.25) is 0 Å². The van der Waals surface area contributed by atoms with Crippen LogP contribution in [0.2, 0.25) is 0 Å². The molecule has 1 saturated heterocycles. The van der Waals surface area contributed by atoms with E-state index in [1.165, 1.54) is 12.8 Å². The number of nitrogens with two attached hydrogens (primary N) is 1. The Morgan fingerprint density at radius 1 is 1.27 bits per heavy atom. The Bertz CT molecular complexity index is 149. The third-order valence-corrected chi connectivity index (χ3v) is 2.08. The summed E-state index contributed by atoms with van der Waals surface area (Å²) in [5.41, 5.74) is 5.26. The lowest BCUT2D eigenvalue weighted by Gasteiger charge is -2.20. The SMILES string of the molecule is NCC#CCC1CCNCC1. The van der Waals surface area contributed by atoms with Crippen molar-refractivity contribution in [3.8, 4) is 11.8 Å². The van der Waals surface area contributed by atoms with Gasteiger partial charge in [0.05, 0.1) is 6.54 Å². The van der Waals surface area contributed by atoms with Crippen LogP contribution in [0.1, 0.15) is 19.3 Å². The number of hydrogen-bond acceptors (Lipinski definition) is 2. The molecule has 11 heavy (non-hydrogen) atoms. The molecule has 1 heterocycles. The lowest BCUT2D eigenvalue weighted by Crippen LogP contribution is -2.27. The Morgan fingerprint density at radius 3 is 2.64 bits per heavy atom. The Balaban J connectivity index is 2.14. The van der Waals surface area contributed by atoms with Gasteiger partial charge in [0.15, 0.2) is 0 Å². The molecule has 0 saturated carbocycles. The first-order valence-corrected chi connectivity index (χ1v) is 4.30. The molecule has 1 aliphatic rings. The fourth-order valence-corrected chi connectivity index (χ4v) is 1.37. The lowest BCUT2D eigenvalue weighted by molar-refractivity contribution is 0.381. The average molecular weight is 152 g/mol. The standard InChI is InChI=1S/C9H16N2/c10-6-2-1-3-9-4-7-11-8-5-9/h9,11H,3-8,10H2. The van der Waals surface area contributed by atoms with Crippen molar-refractivity contribution in [3.63, 3.8) is 0 Å². The average Bonchev–Trinajstić information content (AvgIpc) is 2.07. The Morgan fingerprint density at radius 2 is 2.00 bits per heavy atom. The summed E-state index contributed by atoms with van der Waals surface area (Å²) in [7, 11) is 0. The van der Waals surface area contributed by atoms with Gasteiger partial charge in [-0.15, -0.1) is 5.92 Å². The molecule has 1 fully saturated rings. The zero-order valence-corrected chi connectivity index (χ0v) is 6.90. The normalized spacial score (nSPS) is 19.0. The Kier molecular flexibility index (Phi) is 4.03. The highest BCUT2D eigenvalue weighted by atomic mass is 14.9. The van der Waals surface area contributed by atoms with Crippen molar-refractivity contribution < 1.29 is 0 Å². The molecule has 3 N–H and O–H groups in total. The number of piperidine rings is 1. The topological polar surface area (TPSA) is 38.0 Å². The number of hydrogen-bond donors (Lipinski definition) is 2. The largest absolute Gasteiger partial charge is 0.320 e. The van der Waals surface area contributed by atoms with Gasteiger partial charge in [-0.2, -0.15) is 0 Å². The molecule has 0 aliphatic carbocycles. The molecule has 0 aromatic rings. The second-order valence-corrected chi connectivity index (χ2v) is 2.96. The third kappa shape index (κ3) is 3.41. The van der Waals surface area contributed by atoms with Crippen molar-refractivity contribution >= 4 is 0 Å². The minimum Gasteiger partial charge on any atom is -0.320 e. The number of nitrogens with one attached hydrogen (secondary N) is 1. The molecule has 2 heteroatoms. The fourth-order valence-electron chi connectivity index (χ4n) is 1.37. The molecule has 2 nitrogen and oxygen atoms in total. The van der Waals surface area contributed by atoms with E-state index in [2.05, 4.69) is 17.2 Å². The molecule has 1 aliphatic heterocycles. The molecule has 0 bridgehead atoms. The van der Waals surface area contributed by atoms with E-state index < -0.39 is 0 Å². The predicted octanol–water partition coefficient (Wildman–Crippen LogP) is 0.338. The van der Waals surface area contributed by atoms with Gasteiger partial charge in [0.25, 0.3) is 0 Å². The first-order valence-electron chi connectivity index (χ1n) is 4.30. The van der Waals surface area contributed by atoms with Crippen LogP contribution in [0.3, 0.4) is 0 Å². The number of rotatable bonds is 1. The Hall–Kier alpha value is -0.520. The summed E-state index contributed by atoms with van der Waals surface area (Å²) in [5, 5.41) is 3.33. The van der Waals surface area contributed by atoms with Crippen LogP contribution < -0.4 is 11.1 Å². The summed E-state index contributed by atoms with van der Waals surface area (Å²) in [6, 6.07) is 0. The van der Waals surface area contributed by atoms with Crippen LogP contribution in [0.15, 0.2) is 0 Å². The van der Waals surface area contributed by atoms with Gasteiger partial charge in [0.1, 0.15) is 0 Å². The van der Waals surface area contributed by atoms with E-state index in [1.807, 2.05) is 0 Å². The van der Waals surface area contributed by atoms with Gasteiger partial charge < -0.3 is 11.1 Å². The van der Waals surface area contributed by atoms with E-state index in [9.17, 15) is 0 Å². The van der Waals surface area contributed by atoms with Crippen molar-refractivity contribution in [2.24, 2.45) is 11.7 Å². The van der Waals surface area contributed by atoms with E-state index in [0.29, 0.717) is 6.54 Å². The lowest BCUT2D eigenvalue weighted by atomic mass is 9.95. The summed E-state index contributed by atoms with van der Waals surface area (Å²) < 4.78 is 0. The zero-order valence-electron chi connectivity index (χ0n) is 6.90. The van der Waals surface area contributed by atoms with E-state index in [1.54, 1.807) is 0 Å². The summed E-state index contributed by atoms with van der Waals surface area (Å²) >= 11 is 0. The van der Waals surface area contributed by atoms with Crippen LogP contribution in [0.5, 0.6) is 0 Å². The van der Waals surface area contributed by atoms with E-state index in [0.717, 1.165) is 25.4 Å². The maximum absolute atomic E-state index is 5.26. The van der Waals surface area contributed by atoms with Crippen LogP contribution >= 0.6 is 0 Å². The zero-order chi connectivity index (χ0) is 7.94. The van der Waals surface area contributed by atoms with Crippen molar-refractivity contribution in [2.45, 2.75) is 19.3 Å². The summed E-state index contributed by atoms with van der Waals surface area (Å²) in [4.78, 5) is 0. The molecule has 0 aromatic heterocycles. The van der Waals surface area contributed by atoms with Crippen LogP contribution in [-0.2, 0) is 0 Å². The van der Waals surface area contributed by atoms with E-state index in [4.69, 9.17) is 5.73 Å². The summed E-state index contributed by atoms with van der Waals surface area (Å²) in [6.45, 7) is 2.83. The third-order valence-electron chi connectivity index (χ3n) is 2.08. The molecule has 0 atom stereocenters. The molecule has 0 amide bonds. The molecule has 1 rings (SSSR count). The maximum atomic E-state index is 5.26. The summed E-state index contributed by atoms with van der Waals surface area (Å²) in [5.74, 6) is 6.82. The van der Waals surface area contributed by atoms with Crippen molar-refractivity contribution in [1.82, 2.24) is 5.32 Å². The molecule has 0 unspecified atom stereocenters. The van der Waals surface area contributed by atoms with Gasteiger partial charge in [-0.3, -0.25) is 0 Å². The van der Waals surface area contributed by atoms with E-state index >= 15 is 0 Å². The van der Waals surface area contributed by atoms with Gasteiger partial charge >= 0.3 is 0 Å². The van der Waals surface area contributed by atoms with Crippen LogP contribution in [0.25, 0.3) is 0 Å². The van der Waals surface area contributed by atoms with Crippen LogP contribution in [-0.4, -0.2) is 19.6 Å². The second-order valence-electron chi connectivity index (χ2n) is 2.96. The molecule has 0 radical (unpaired) electrons. The molecule has 0 spiro atoms. The monoisotopic (exact) mass is 152 g/mol. The molecule has 0 aromatic carbocycles. The highest BCUT2D eigenvalue weighted by molar-refractivity contribution is 5.01. The van der Waals surface area contributed by atoms with Crippen molar-refractivity contribution in [2.75, 3.05) is 19.6 Å². The van der Waals surface area contributed by atoms with Crippen molar-refractivity contribution in [1.29, 1.82) is 0 Å². The highest BCUT2D eigenvalue weighted by Gasteiger charge is 2.10. The molecular formula is C9H16N2. The maximum Gasteiger partial charge on any atom is 0.0551 e. The van der Waals surface area contributed by atoms with Gasteiger partial charge in [-0.25, -0.2) is 0 Å².